The van der Waals surface area contributed by atoms with E-state index in [9.17, 15) is 9.59 Å². The minimum atomic E-state index is -0.236. The number of nitrogens with zero attached hydrogens (tertiary/aromatic N) is 2. The Kier molecular flexibility index (Phi) is 5.07. The van der Waals surface area contributed by atoms with Gasteiger partial charge >= 0.3 is 0 Å². The van der Waals surface area contributed by atoms with E-state index in [1.807, 2.05) is 36.1 Å². The number of hydrogen-bond acceptors (Lipinski definition) is 3. The largest absolute Gasteiger partial charge is 0.492 e. The van der Waals surface area contributed by atoms with Crippen molar-refractivity contribution in [3.05, 3.63) is 24.3 Å². The average Bonchev–Trinajstić information content (AvgIpc) is 2.97. The minimum Gasteiger partial charge on any atom is -0.492 e. The topological polar surface area (TPSA) is 49.9 Å². The normalized spacial score (nSPS) is 22.1. The molecule has 5 nitrogen and oxygen atoms in total. The fourth-order valence-electron chi connectivity index (χ4n) is 3.55. The van der Waals surface area contributed by atoms with E-state index in [0.717, 1.165) is 31.6 Å². The van der Waals surface area contributed by atoms with Crippen LogP contribution in [0.5, 0.6) is 5.75 Å². The molecule has 2 aliphatic heterocycles. The molecule has 3 rings (SSSR count). The number of para-hydroxylation sites is 2. The molecule has 2 heterocycles. The summed E-state index contributed by atoms with van der Waals surface area (Å²) in [6, 6.07) is 7.55. The molecule has 0 aliphatic carbocycles. The van der Waals surface area contributed by atoms with Crippen molar-refractivity contribution in [1.29, 1.82) is 0 Å². The highest BCUT2D eigenvalue weighted by molar-refractivity contribution is 6.01. The molecule has 2 aliphatic rings. The summed E-state index contributed by atoms with van der Waals surface area (Å²) in [4.78, 5) is 28.9. The number of amides is 2. The van der Waals surface area contributed by atoms with Gasteiger partial charge in [0, 0.05) is 26.1 Å². The SMILES string of the molecule is CCOc1ccccc1N1CC(C(=O)N2CCC(C)CC2)CC1=O. The van der Waals surface area contributed by atoms with E-state index in [1.165, 1.54) is 0 Å². The Morgan fingerprint density at radius 3 is 2.67 bits per heavy atom. The maximum Gasteiger partial charge on any atom is 0.228 e. The van der Waals surface area contributed by atoms with Gasteiger partial charge in [0.2, 0.25) is 11.8 Å². The van der Waals surface area contributed by atoms with Crippen LogP contribution < -0.4 is 9.64 Å². The second kappa shape index (κ2) is 7.24. The Labute approximate surface area is 143 Å². The van der Waals surface area contributed by atoms with Crippen LogP contribution in [-0.4, -0.2) is 43.0 Å². The van der Waals surface area contributed by atoms with E-state index in [1.54, 1.807) is 4.90 Å². The first-order chi connectivity index (χ1) is 11.6. The molecule has 2 amide bonds. The standard InChI is InChI=1S/C19H26N2O3/c1-3-24-17-7-5-4-6-16(17)21-13-15(12-18(21)22)19(23)20-10-8-14(2)9-11-20/h4-7,14-15H,3,8-13H2,1-2H3. The molecule has 1 aromatic carbocycles. The van der Waals surface area contributed by atoms with E-state index in [4.69, 9.17) is 4.74 Å². The van der Waals surface area contributed by atoms with Crippen LogP contribution in [0.1, 0.15) is 33.1 Å². The maximum absolute atomic E-state index is 12.8. The van der Waals surface area contributed by atoms with E-state index in [2.05, 4.69) is 6.92 Å². The summed E-state index contributed by atoms with van der Waals surface area (Å²) in [6.07, 6.45) is 2.41. The van der Waals surface area contributed by atoms with Crippen LogP contribution in [0, 0.1) is 11.8 Å². The van der Waals surface area contributed by atoms with Gasteiger partial charge in [-0.15, -0.1) is 0 Å². The molecule has 1 atom stereocenters. The van der Waals surface area contributed by atoms with Crippen LogP contribution in [0.2, 0.25) is 0 Å². The average molecular weight is 330 g/mol. The van der Waals surface area contributed by atoms with Gasteiger partial charge in [-0.1, -0.05) is 19.1 Å². The van der Waals surface area contributed by atoms with Crippen LogP contribution in [0.15, 0.2) is 24.3 Å². The van der Waals surface area contributed by atoms with Gasteiger partial charge < -0.3 is 14.5 Å². The fraction of sp³-hybridized carbons (Fsp3) is 0.579. The minimum absolute atomic E-state index is 0.00544. The predicted molar refractivity (Wildman–Crippen MR) is 93.0 cm³/mol. The summed E-state index contributed by atoms with van der Waals surface area (Å²) in [5, 5.41) is 0. The zero-order chi connectivity index (χ0) is 17.1. The summed E-state index contributed by atoms with van der Waals surface area (Å²) in [7, 11) is 0. The quantitative estimate of drug-likeness (QED) is 0.853. The Morgan fingerprint density at radius 1 is 1.25 bits per heavy atom. The van der Waals surface area contributed by atoms with Crippen molar-refractivity contribution in [3.63, 3.8) is 0 Å². The van der Waals surface area contributed by atoms with E-state index < -0.39 is 0 Å². The van der Waals surface area contributed by atoms with Gasteiger partial charge in [-0.3, -0.25) is 9.59 Å². The lowest BCUT2D eigenvalue weighted by atomic mass is 9.97. The van der Waals surface area contributed by atoms with Crippen LogP contribution in [0.4, 0.5) is 5.69 Å². The smallest absolute Gasteiger partial charge is 0.228 e. The summed E-state index contributed by atoms with van der Waals surface area (Å²) in [5.74, 6) is 1.29. The summed E-state index contributed by atoms with van der Waals surface area (Å²) in [6.45, 7) is 6.79. The first-order valence-electron chi connectivity index (χ1n) is 8.91. The van der Waals surface area contributed by atoms with Crippen molar-refractivity contribution in [1.82, 2.24) is 4.90 Å². The van der Waals surface area contributed by atoms with Gasteiger partial charge in [-0.25, -0.2) is 0 Å². The number of ether oxygens (including phenoxy) is 1. The lowest BCUT2D eigenvalue weighted by Gasteiger charge is -2.32. The lowest BCUT2D eigenvalue weighted by Crippen LogP contribution is -2.42. The third-order valence-corrected chi connectivity index (χ3v) is 5.03. The maximum atomic E-state index is 12.8. The number of benzene rings is 1. The Balaban J connectivity index is 1.71. The highest BCUT2D eigenvalue weighted by Gasteiger charge is 2.38. The van der Waals surface area contributed by atoms with Gasteiger partial charge in [0.1, 0.15) is 5.75 Å². The first-order valence-corrected chi connectivity index (χ1v) is 8.91. The Bertz CT molecular complexity index is 608. The fourth-order valence-corrected chi connectivity index (χ4v) is 3.55. The second-order valence-corrected chi connectivity index (χ2v) is 6.81. The molecule has 5 heteroatoms. The molecule has 0 bridgehead atoms. The van der Waals surface area contributed by atoms with Crippen molar-refractivity contribution in [2.75, 3.05) is 31.1 Å². The predicted octanol–water partition coefficient (Wildman–Crippen LogP) is 2.70. The third kappa shape index (κ3) is 3.40. The van der Waals surface area contributed by atoms with Crippen molar-refractivity contribution in [2.45, 2.75) is 33.1 Å². The van der Waals surface area contributed by atoms with Crippen molar-refractivity contribution in [2.24, 2.45) is 11.8 Å². The molecule has 130 valence electrons. The Morgan fingerprint density at radius 2 is 1.96 bits per heavy atom. The molecule has 0 spiro atoms. The van der Waals surface area contributed by atoms with Gasteiger partial charge in [0.15, 0.2) is 0 Å². The van der Waals surface area contributed by atoms with Crippen molar-refractivity contribution in [3.8, 4) is 5.75 Å². The summed E-state index contributed by atoms with van der Waals surface area (Å²) < 4.78 is 5.63. The van der Waals surface area contributed by atoms with Crippen LogP contribution in [0.25, 0.3) is 0 Å². The molecule has 24 heavy (non-hydrogen) atoms. The molecule has 2 saturated heterocycles. The molecule has 0 N–H and O–H groups in total. The van der Waals surface area contributed by atoms with Crippen LogP contribution in [-0.2, 0) is 9.59 Å². The number of anilines is 1. The molecule has 0 saturated carbocycles. The van der Waals surface area contributed by atoms with E-state index >= 15 is 0 Å². The van der Waals surface area contributed by atoms with E-state index in [-0.39, 0.29) is 17.7 Å². The third-order valence-electron chi connectivity index (χ3n) is 5.03. The first kappa shape index (κ1) is 16.8. The summed E-state index contributed by atoms with van der Waals surface area (Å²) in [5.41, 5.74) is 0.770. The van der Waals surface area contributed by atoms with Crippen molar-refractivity contribution < 1.29 is 14.3 Å². The number of piperidine rings is 1. The number of carbonyl (C=O) groups is 2. The highest BCUT2D eigenvalue weighted by atomic mass is 16.5. The van der Waals surface area contributed by atoms with Gasteiger partial charge in [0.05, 0.1) is 18.2 Å². The van der Waals surface area contributed by atoms with Gasteiger partial charge in [-0.2, -0.15) is 0 Å². The molecule has 1 unspecified atom stereocenters. The Hall–Kier alpha value is -2.04. The number of rotatable bonds is 4. The molecular formula is C19H26N2O3. The second-order valence-electron chi connectivity index (χ2n) is 6.81. The highest BCUT2D eigenvalue weighted by Crippen LogP contribution is 2.34. The monoisotopic (exact) mass is 330 g/mol. The zero-order valence-corrected chi connectivity index (χ0v) is 14.5. The molecule has 2 fully saturated rings. The van der Waals surface area contributed by atoms with E-state index in [0.29, 0.717) is 31.2 Å². The summed E-state index contributed by atoms with van der Waals surface area (Å²) >= 11 is 0. The lowest BCUT2D eigenvalue weighted by molar-refractivity contribution is -0.137. The van der Waals surface area contributed by atoms with Gasteiger partial charge in [0.25, 0.3) is 0 Å². The number of likely N-dealkylation sites (tertiary alicyclic amines) is 1. The molecular weight excluding hydrogens is 304 g/mol. The van der Waals surface area contributed by atoms with Crippen LogP contribution in [0.3, 0.4) is 0 Å². The number of hydrogen-bond donors (Lipinski definition) is 0. The molecule has 0 aromatic heterocycles. The van der Waals surface area contributed by atoms with Crippen LogP contribution >= 0.6 is 0 Å². The molecule has 1 aromatic rings. The van der Waals surface area contributed by atoms with Crippen molar-refractivity contribution >= 4 is 17.5 Å². The number of carbonyl (C=O) groups excluding carboxylic acids is 2. The van der Waals surface area contributed by atoms with Gasteiger partial charge in [-0.05, 0) is 37.8 Å². The molecule has 0 radical (unpaired) electrons. The zero-order valence-electron chi connectivity index (χ0n) is 14.5.